The van der Waals surface area contributed by atoms with Gasteiger partial charge in [-0.3, -0.25) is 9.69 Å². The van der Waals surface area contributed by atoms with E-state index in [-0.39, 0.29) is 23.1 Å². The molecular weight excluding hydrogens is 240 g/mol. The zero-order valence-corrected chi connectivity index (χ0v) is 13.4. The predicted octanol–water partition coefficient (Wildman–Crippen LogP) is 2.18. The summed E-state index contributed by atoms with van der Waals surface area (Å²) in [5.74, 6) is -0.0970. The Hall–Kier alpha value is -0.610. The maximum Gasteiger partial charge on any atom is 0.323 e. The summed E-state index contributed by atoms with van der Waals surface area (Å²) in [5.41, 5.74) is 0.131. The van der Waals surface area contributed by atoms with Crippen molar-refractivity contribution in [3.05, 3.63) is 0 Å². The molecule has 0 aliphatic carbocycles. The molecule has 0 bridgehead atoms. The van der Waals surface area contributed by atoms with Crippen LogP contribution < -0.4 is 5.32 Å². The van der Waals surface area contributed by atoms with Crippen LogP contribution in [-0.4, -0.2) is 47.7 Å². The van der Waals surface area contributed by atoms with Crippen LogP contribution in [-0.2, 0) is 9.53 Å². The summed E-state index contributed by atoms with van der Waals surface area (Å²) < 4.78 is 5.40. The first-order valence-corrected chi connectivity index (χ1v) is 7.30. The van der Waals surface area contributed by atoms with Crippen LogP contribution >= 0.6 is 0 Å². The van der Waals surface area contributed by atoms with E-state index < -0.39 is 0 Å². The fourth-order valence-electron chi connectivity index (χ4n) is 2.90. The van der Waals surface area contributed by atoms with E-state index >= 15 is 0 Å². The first-order chi connectivity index (χ1) is 8.62. The Bertz CT molecular complexity index is 282. The number of hydrogen-bond donors (Lipinski definition) is 1. The third-order valence-corrected chi connectivity index (χ3v) is 3.52. The first-order valence-electron chi connectivity index (χ1n) is 7.30. The third-order valence-electron chi connectivity index (χ3n) is 3.52. The predicted molar refractivity (Wildman–Crippen MR) is 78.2 cm³/mol. The van der Waals surface area contributed by atoms with Gasteiger partial charge in [0.2, 0.25) is 0 Å². The van der Waals surface area contributed by atoms with E-state index in [2.05, 4.69) is 51.8 Å². The van der Waals surface area contributed by atoms with Gasteiger partial charge in [0.05, 0.1) is 0 Å². The van der Waals surface area contributed by atoms with E-state index in [4.69, 9.17) is 4.74 Å². The zero-order valence-electron chi connectivity index (χ0n) is 13.4. The molecule has 4 heteroatoms. The Morgan fingerprint density at radius 1 is 1.21 bits per heavy atom. The van der Waals surface area contributed by atoms with Gasteiger partial charge in [0, 0.05) is 17.6 Å². The topological polar surface area (TPSA) is 41.6 Å². The highest BCUT2D eigenvalue weighted by molar-refractivity contribution is 5.76. The molecule has 0 saturated carbocycles. The summed E-state index contributed by atoms with van der Waals surface area (Å²) in [5, 5.41) is 3.17. The number of esters is 1. The SMILES string of the molecule is CC(C)(C)N(CCOC(=O)C1CCCN1)C(C)(C)C. The molecule has 1 rings (SSSR count). The average Bonchev–Trinajstić information content (AvgIpc) is 2.73. The second-order valence-electron chi connectivity index (χ2n) is 7.31. The lowest BCUT2D eigenvalue weighted by Crippen LogP contribution is -2.54. The van der Waals surface area contributed by atoms with Crippen LogP contribution in [0.4, 0.5) is 0 Å². The van der Waals surface area contributed by atoms with Crippen LogP contribution in [0.15, 0.2) is 0 Å². The van der Waals surface area contributed by atoms with Crippen LogP contribution in [0.2, 0.25) is 0 Å². The Morgan fingerprint density at radius 2 is 1.79 bits per heavy atom. The number of rotatable bonds is 4. The van der Waals surface area contributed by atoms with Gasteiger partial charge in [-0.2, -0.15) is 0 Å². The molecule has 0 amide bonds. The Morgan fingerprint density at radius 3 is 2.21 bits per heavy atom. The molecule has 1 saturated heterocycles. The van der Waals surface area contributed by atoms with Crippen molar-refractivity contribution in [3.8, 4) is 0 Å². The smallest absolute Gasteiger partial charge is 0.323 e. The lowest BCUT2D eigenvalue weighted by molar-refractivity contribution is -0.147. The van der Waals surface area contributed by atoms with Gasteiger partial charge >= 0.3 is 5.97 Å². The summed E-state index contributed by atoms with van der Waals surface area (Å²) in [4.78, 5) is 14.2. The number of hydrogen-bond acceptors (Lipinski definition) is 4. The molecular formula is C15H30N2O2. The fraction of sp³-hybridized carbons (Fsp3) is 0.933. The van der Waals surface area contributed by atoms with Crippen LogP contribution in [0.5, 0.6) is 0 Å². The molecule has 0 aromatic rings. The van der Waals surface area contributed by atoms with Gasteiger partial charge in [-0.05, 0) is 60.9 Å². The van der Waals surface area contributed by atoms with Gasteiger partial charge in [0.1, 0.15) is 12.6 Å². The fourth-order valence-corrected chi connectivity index (χ4v) is 2.90. The molecule has 1 unspecified atom stereocenters. The lowest BCUT2D eigenvalue weighted by atomic mass is 9.96. The normalized spacial score (nSPS) is 20.9. The summed E-state index contributed by atoms with van der Waals surface area (Å²) in [6.45, 7) is 15.3. The van der Waals surface area contributed by atoms with Gasteiger partial charge < -0.3 is 10.1 Å². The van der Waals surface area contributed by atoms with Gasteiger partial charge in [-0.25, -0.2) is 0 Å². The number of carbonyl (C=O) groups excluding carboxylic acids is 1. The molecule has 0 aromatic carbocycles. The van der Waals surface area contributed by atoms with Crippen molar-refractivity contribution in [2.75, 3.05) is 19.7 Å². The van der Waals surface area contributed by atoms with Gasteiger partial charge in [-0.15, -0.1) is 0 Å². The standard InChI is InChI=1S/C15H30N2O2/c1-14(2,3)17(15(4,5)6)10-11-19-13(18)12-8-7-9-16-12/h12,16H,7-11H2,1-6H3. The van der Waals surface area contributed by atoms with Crippen molar-refractivity contribution in [2.45, 2.75) is 71.5 Å². The maximum absolute atomic E-state index is 11.8. The molecule has 4 nitrogen and oxygen atoms in total. The van der Waals surface area contributed by atoms with Gasteiger partial charge in [0.15, 0.2) is 0 Å². The maximum atomic E-state index is 11.8. The Kier molecular flexibility index (Phi) is 5.39. The van der Waals surface area contributed by atoms with Gasteiger partial charge in [-0.1, -0.05) is 0 Å². The monoisotopic (exact) mass is 270 g/mol. The first kappa shape index (κ1) is 16.4. The highest BCUT2D eigenvalue weighted by Crippen LogP contribution is 2.24. The van der Waals surface area contributed by atoms with Crippen molar-refractivity contribution in [3.63, 3.8) is 0 Å². The summed E-state index contributed by atoms with van der Waals surface area (Å²) in [7, 11) is 0. The minimum absolute atomic E-state index is 0.0657. The zero-order chi connectivity index (χ0) is 14.7. The van der Waals surface area contributed by atoms with Crippen LogP contribution in [0.3, 0.4) is 0 Å². The van der Waals surface area contributed by atoms with E-state index in [9.17, 15) is 4.79 Å². The molecule has 1 aliphatic rings. The molecule has 112 valence electrons. The van der Waals surface area contributed by atoms with Crippen LogP contribution in [0.25, 0.3) is 0 Å². The van der Waals surface area contributed by atoms with E-state index in [0.29, 0.717) is 6.61 Å². The van der Waals surface area contributed by atoms with Crippen molar-refractivity contribution < 1.29 is 9.53 Å². The minimum atomic E-state index is -0.0970. The van der Waals surface area contributed by atoms with Crippen molar-refractivity contribution in [1.29, 1.82) is 0 Å². The summed E-state index contributed by atoms with van der Waals surface area (Å²) >= 11 is 0. The molecule has 0 aromatic heterocycles. The third kappa shape index (κ3) is 5.11. The molecule has 1 aliphatic heterocycles. The van der Waals surface area contributed by atoms with Crippen molar-refractivity contribution >= 4 is 5.97 Å². The van der Waals surface area contributed by atoms with E-state index in [1.54, 1.807) is 0 Å². The quantitative estimate of drug-likeness (QED) is 0.795. The van der Waals surface area contributed by atoms with E-state index in [1.807, 2.05) is 0 Å². The molecule has 1 N–H and O–H groups in total. The van der Waals surface area contributed by atoms with Crippen molar-refractivity contribution in [1.82, 2.24) is 10.2 Å². The number of carbonyl (C=O) groups is 1. The average molecular weight is 270 g/mol. The summed E-state index contributed by atoms with van der Waals surface area (Å²) in [6.07, 6.45) is 1.97. The second kappa shape index (κ2) is 6.23. The number of ether oxygens (including phenoxy) is 1. The second-order valence-corrected chi connectivity index (χ2v) is 7.31. The number of nitrogens with one attached hydrogen (secondary N) is 1. The van der Waals surface area contributed by atoms with E-state index in [0.717, 1.165) is 25.9 Å². The minimum Gasteiger partial charge on any atom is -0.463 e. The summed E-state index contributed by atoms with van der Waals surface area (Å²) in [6, 6.07) is -0.0854. The molecule has 19 heavy (non-hydrogen) atoms. The van der Waals surface area contributed by atoms with E-state index in [1.165, 1.54) is 0 Å². The highest BCUT2D eigenvalue weighted by Gasteiger charge is 2.31. The molecule has 1 fully saturated rings. The van der Waals surface area contributed by atoms with Gasteiger partial charge in [0.25, 0.3) is 0 Å². The number of nitrogens with zero attached hydrogens (tertiary/aromatic N) is 1. The molecule has 0 spiro atoms. The lowest BCUT2D eigenvalue weighted by Gasteiger charge is -2.45. The highest BCUT2D eigenvalue weighted by atomic mass is 16.5. The van der Waals surface area contributed by atoms with Crippen molar-refractivity contribution in [2.24, 2.45) is 0 Å². The van der Waals surface area contributed by atoms with Crippen LogP contribution in [0, 0.1) is 0 Å². The molecule has 0 radical (unpaired) electrons. The Labute approximate surface area is 117 Å². The Balaban J connectivity index is 2.42. The van der Waals surface area contributed by atoms with Crippen LogP contribution in [0.1, 0.15) is 54.4 Å². The largest absolute Gasteiger partial charge is 0.463 e. The molecule has 1 atom stereocenters. The molecule has 1 heterocycles.